The van der Waals surface area contributed by atoms with Gasteiger partial charge >= 0.3 is 0 Å². The van der Waals surface area contributed by atoms with Crippen molar-refractivity contribution < 1.29 is 0 Å². The van der Waals surface area contributed by atoms with E-state index in [0.717, 1.165) is 0 Å². The molecule has 0 N–H and O–H groups in total. The molecule has 0 radical (unpaired) electrons. The van der Waals surface area contributed by atoms with Gasteiger partial charge in [0.05, 0.1) is 38.0 Å². The maximum atomic E-state index is 2.64. The summed E-state index contributed by atoms with van der Waals surface area (Å²) in [5.41, 5.74) is 12.0. The topological polar surface area (TPSA) is 6.48 Å². The molecule has 0 saturated heterocycles. The maximum Gasteiger partial charge on any atom is 0.252 e. The predicted molar refractivity (Wildman–Crippen MR) is 250 cm³/mol. The van der Waals surface area contributed by atoms with Crippen molar-refractivity contribution in [3.05, 3.63) is 115 Å². The van der Waals surface area contributed by atoms with Crippen LogP contribution in [0.3, 0.4) is 0 Å². The Labute approximate surface area is 323 Å². The molecule has 0 amide bonds. The van der Waals surface area contributed by atoms with Gasteiger partial charge in [-0.05, 0) is 64.2 Å². The predicted octanol–water partition coefficient (Wildman–Crippen LogP) is 9.10. The van der Waals surface area contributed by atoms with E-state index in [1.807, 2.05) is 0 Å². The van der Waals surface area contributed by atoms with Crippen LogP contribution in [0.4, 0.5) is 34.1 Å². The molecule has 0 aliphatic carbocycles. The van der Waals surface area contributed by atoms with E-state index in [-0.39, 0.29) is 6.71 Å². The van der Waals surface area contributed by atoms with Crippen molar-refractivity contribution >= 4 is 121 Å². The molecule has 0 spiro atoms. The van der Waals surface area contributed by atoms with Crippen molar-refractivity contribution in [2.24, 2.45) is 0 Å². The second kappa shape index (κ2) is 12.3. The fourth-order valence-electron chi connectivity index (χ4n) is 8.43. The summed E-state index contributed by atoms with van der Waals surface area (Å²) >= 11 is 0. The number of nitrogens with zero attached hydrogens (tertiary/aromatic N) is 2. The third kappa shape index (κ3) is 6.14. The van der Waals surface area contributed by atoms with Gasteiger partial charge in [0.15, 0.2) is 0 Å². The van der Waals surface area contributed by atoms with Crippen LogP contribution in [-0.4, -0.2) is 39.0 Å². The summed E-state index contributed by atoms with van der Waals surface area (Å²) < 4.78 is 0. The van der Waals surface area contributed by atoms with E-state index >= 15 is 0 Å². The van der Waals surface area contributed by atoms with E-state index in [2.05, 4.69) is 204 Å². The quantitative estimate of drug-likeness (QED) is 0.156. The van der Waals surface area contributed by atoms with Crippen LogP contribution in [0, 0.1) is 0 Å². The van der Waals surface area contributed by atoms with E-state index in [4.69, 9.17) is 0 Å². The molecule has 2 nitrogen and oxygen atoms in total. The SMILES string of the molecule is C[Si](C)(C)c1ccc(N2c3cc([Si](C)(C)C)ccc3B3c4ccc([Si](C)(C)C)cc4N(c4ccc([Si](C)(C)C)cc4)c4c3c2cc2ccccc42)cc1. The highest BCUT2D eigenvalue weighted by molar-refractivity contribution is 7.01. The molecule has 268 valence electrons. The Kier molecular flexibility index (Phi) is 8.39. The monoisotopic (exact) mass is 758 g/mol. The van der Waals surface area contributed by atoms with Crippen LogP contribution in [0.1, 0.15) is 0 Å². The lowest BCUT2D eigenvalue weighted by atomic mass is 9.33. The van der Waals surface area contributed by atoms with E-state index < -0.39 is 32.3 Å². The molecule has 2 heterocycles. The number of rotatable bonds is 6. The first-order valence-corrected chi connectivity index (χ1v) is 33.5. The smallest absolute Gasteiger partial charge is 0.252 e. The molecule has 8 rings (SSSR count). The second-order valence-electron chi connectivity index (χ2n) is 19.6. The van der Waals surface area contributed by atoms with Crippen LogP contribution in [0.5, 0.6) is 0 Å². The van der Waals surface area contributed by atoms with Gasteiger partial charge < -0.3 is 9.80 Å². The molecule has 0 bridgehead atoms. The van der Waals surface area contributed by atoms with Crippen molar-refractivity contribution in [1.29, 1.82) is 0 Å². The Morgan fingerprint density at radius 3 is 1.28 bits per heavy atom. The summed E-state index contributed by atoms with van der Waals surface area (Å²) in [5, 5.41) is 8.57. The molecular weight excluding hydrogens is 704 g/mol. The number of anilines is 6. The third-order valence-electron chi connectivity index (χ3n) is 11.7. The lowest BCUT2D eigenvalue weighted by Crippen LogP contribution is -2.62. The highest BCUT2D eigenvalue weighted by Crippen LogP contribution is 2.47. The fourth-order valence-corrected chi connectivity index (χ4v) is 13.1. The van der Waals surface area contributed by atoms with Gasteiger partial charge in [-0.3, -0.25) is 0 Å². The lowest BCUT2D eigenvalue weighted by molar-refractivity contribution is 1.27. The molecule has 6 aromatic rings. The molecule has 2 aliphatic rings. The van der Waals surface area contributed by atoms with Gasteiger partial charge in [-0.1, -0.05) is 172 Å². The van der Waals surface area contributed by atoms with Crippen LogP contribution in [0.25, 0.3) is 10.8 Å². The van der Waals surface area contributed by atoms with E-state index in [0.29, 0.717) is 0 Å². The van der Waals surface area contributed by atoms with Gasteiger partial charge in [0.1, 0.15) is 0 Å². The molecular formula is C46H55BN2Si4. The van der Waals surface area contributed by atoms with Crippen LogP contribution in [0.15, 0.2) is 115 Å². The average molecular weight is 759 g/mol. The molecule has 0 unspecified atom stereocenters. The zero-order chi connectivity index (χ0) is 37.8. The van der Waals surface area contributed by atoms with Gasteiger partial charge in [-0.2, -0.15) is 0 Å². The molecule has 53 heavy (non-hydrogen) atoms. The number of fused-ring (bicyclic) bond motifs is 6. The first-order valence-electron chi connectivity index (χ1n) is 19.5. The Bertz CT molecular complexity index is 2380. The zero-order valence-corrected chi connectivity index (χ0v) is 37.9. The van der Waals surface area contributed by atoms with E-state index in [9.17, 15) is 0 Å². The highest BCUT2D eigenvalue weighted by atomic mass is 28.3. The molecule has 0 saturated carbocycles. The van der Waals surface area contributed by atoms with Crippen molar-refractivity contribution in [2.75, 3.05) is 9.80 Å². The molecule has 6 aromatic carbocycles. The van der Waals surface area contributed by atoms with Crippen molar-refractivity contribution in [2.45, 2.75) is 78.6 Å². The second-order valence-corrected chi connectivity index (χ2v) is 39.9. The zero-order valence-electron chi connectivity index (χ0n) is 33.9. The summed E-state index contributed by atoms with van der Waals surface area (Å²) in [6.45, 7) is 29.6. The number of hydrogen-bond acceptors (Lipinski definition) is 2. The van der Waals surface area contributed by atoms with Gasteiger partial charge in [0, 0.05) is 33.8 Å². The minimum atomic E-state index is -1.63. The Morgan fingerprint density at radius 1 is 0.396 bits per heavy atom. The third-order valence-corrected chi connectivity index (χ3v) is 19.9. The molecule has 7 heteroatoms. The van der Waals surface area contributed by atoms with Crippen LogP contribution < -0.4 is 46.9 Å². The summed E-state index contributed by atoms with van der Waals surface area (Å²) in [4.78, 5) is 5.25. The van der Waals surface area contributed by atoms with Crippen LogP contribution in [0.2, 0.25) is 78.6 Å². The summed E-state index contributed by atoms with van der Waals surface area (Å²) in [6, 6.07) is 45.9. The minimum Gasteiger partial charge on any atom is -0.311 e. The van der Waals surface area contributed by atoms with Gasteiger partial charge in [-0.25, -0.2) is 0 Å². The average Bonchev–Trinajstić information content (AvgIpc) is 3.09. The summed E-state index contributed by atoms with van der Waals surface area (Å²) in [6.07, 6.45) is 0. The molecule has 2 aliphatic heterocycles. The number of hydrogen-bond donors (Lipinski definition) is 0. The maximum absolute atomic E-state index is 2.64. The standard InChI is InChI=1S/C46H55BN2Si4/c1-50(2,3)35-21-17-33(18-22-35)48-42-30-37(52(7,8)9)25-27-40(42)47-41-28-26-38(53(10,11)12)31-43(41)49(34-19-23-36(24-20-34)51(4,5)6)46-39-16-14-13-15-32(39)29-44(48)45(46)47/h13-31H,1-12H3. The first-order chi connectivity index (χ1) is 24.8. The van der Waals surface area contributed by atoms with E-state index in [1.165, 1.54) is 82.0 Å². The van der Waals surface area contributed by atoms with Crippen molar-refractivity contribution in [3.8, 4) is 0 Å². The summed E-state index contributed by atoms with van der Waals surface area (Å²) in [7, 11) is -6.19. The first kappa shape index (κ1) is 36.1. The fraction of sp³-hybridized carbons (Fsp3) is 0.261. The van der Waals surface area contributed by atoms with E-state index in [1.54, 1.807) is 0 Å². The Balaban J connectivity index is 1.50. The van der Waals surface area contributed by atoms with Gasteiger partial charge in [0.25, 0.3) is 6.71 Å². The normalized spacial score (nSPS) is 14.3. The largest absolute Gasteiger partial charge is 0.311 e. The van der Waals surface area contributed by atoms with Crippen molar-refractivity contribution in [1.82, 2.24) is 0 Å². The highest BCUT2D eigenvalue weighted by Gasteiger charge is 2.45. The number of benzene rings is 6. The molecule has 0 atom stereocenters. The molecule has 0 fully saturated rings. The lowest BCUT2D eigenvalue weighted by Gasteiger charge is -2.45. The summed E-state index contributed by atoms with van der Waals surface area (Å²) in [5.74, 6) is 0. The molecule has 0 aromatic heterocycles. The Hall–Kier alpha value is -3.89. The van der Waals surface area contributed by atoms with Gasteiger partial charge in [-0.15, -0.1) is 0 Å². The Morgan fingerprint density at radius 2 is 0.811 bits per heavy atom. The van der Waals surface area contributed by atoms with Gasteiger partial charge in [0.2, 0.25) is 0 Å². The van der Waals surface area contributed by atoms with Crippen molar-refractivity contribution in [3.63, 3.8) is 0 Å². The van der Waals surface area contributed by atoms with Crippen LogP contribution >= 0.6 is 0 Å². The van der Waals surface area contributed by atoms with Crippen LogP contribution in [-0.2, 0) is 0 Å². The minimum absolute atomic E-state index is 0.121.